The number of hydrogen-bond acceptors (Lipinski definition) is 4. The predicted molar refractivity (Wildman–Crippen MR) is 100 cm³/mol. The maximum Gasteiger partial charge on any atom is 0.223 e. The van der Waals surface area contributed by atoms with E-state index in [9.17, 15) is 4.79 Å². The molecular formula is C20H22N2O3. The second kappa shape index (κ2) is 6.89. The molecule has 3 rings (SSSR count). The van der Waals surface area contributed by atoms with Gasteiger partial charge in [-0.3, -0.25) is 4.79 Å². The number of ether oxygens (including phenoxy) is 1. The molecule has 0 fully saturated rings. The Hall–Kier alpha value is -2.95. The third-order valence-corrected chi connectivity index (χ3v) is 4.26. The monoisotopic (exact) mass is 338 g/mol. The quantitative estimate of drug-likeness (QED) is 0.739. The molecule has 1 N–H and O–H groups in total. The van der Waals surface area contributed by atoms with Crippen molar-refractivity contribution in [3.05, 3.63) is 54.3 Å². The number of fused-ring (bicyclic) bond motifs is 1. The molecule has 0 radical (unpaired) electrons. The fourth-order valence-electron chi connectivity index (χ4n) is 2.74. The molecule has 1 amide bonds. The van der Waals surface area contributed by atoms with Crippen LogP contribution in [0.25, 0.3) is 11.0 Å². The maximum atomic E-state index is 11.5. The number of para-hydroxylation sites is 1. The fourth-order valence-corrected chi connectivity index (χ4v) is 2.74. The molecule has 0 saturated heterocycles. The zero-order valence-corrected chi connectivity index (χ0v) is 14.9. The van der Waals surface area contributed by atoms with Crippen LogP contribution < -0.4 is 15.0 Å². The first-order valence-electron chi connectivity index (χ1n) is 8.17. The summed E-state index contributed by atoms with van der Waals surface area (Å²) in [5.74, 6) is 1.54. The van der Waals surface area contributed by atoms with E-state index in [4.69, 9.17) is 9.15 Å². The number of rotatable bonds is 5. The van der Waals surface area contributed by atoms with Gasteiger partial charge in [0.05, 0.1) is 13.2 Å². The van der Waals surface area contributed by atoms with Gasteiger partial charge in [-0.2, -0.15) is 0 Å². The number of carbonyl (C=O) groups is 1. The van der Waals surface area contributed by atoms with Crippen molar-refractivity contribution in [2.45, 2.75) is 19.9 Å². The van der Waals surface area contributed by atoms with Crippen molar-refractivity contribution < 1.29 is 13.9 Å². The van der Waals surface area contributed by atoms with Gasteiger partial charge in [0, 0.05) is 30.7 Å². The number of nitrogens with zero attached hydrogens (tertiary/aromatic N) is 1. The van der Waals surface area contributed by atoms with Gasteiger partial charge in [-0.15, -0.1) is 0 Å². The highest BCUT2D eigenvalue weighted by atomic mass is 16.5. The van der Waals surface area contributed by atoms with E-state index in [-0.39, 0.29) is 11.9 Å². The molecule has 1 aromatic heterocycles. The SMILES string of the molecule is COc1cccc2cc([C@H](C)Nc3cccc(N(C)C(C)=O)c3)oc12. The fraction of sp³-hybridized carbons (Fsp3) is 0.250. The van der Waals surface area contributed by atoms with Crippen LogP contribution in [0.15, 0.2) is 52.9 Å². The molecule has 0 aliphatic carbocycles. The van der Waals surface area contributed by atoms with Gasteiger partial charge in [0.25, 0.3) is 0 Å². The summed E-state index contributed by atoms with van der Waals surface area (Å²) in [5, 5.41) is 4.43. The minimum Gasteiger partial charge on any atom is -0.493 e. The minimum atomic E-state index is -0.0324. The lowest BCUT2D eigenvalue weighted by Gasteiger charge is -2.18. The summed E-state index contributed by atoms with van der Waals surface area (Å²) in [4.78, 5) is 13.2. The van der Waals surface area contributed by atoms with Gasteiger partial charge < -0.3 is 19.4 Å². The van der Waals surface area contributed by atoms with Crippen molar-refractivity contribution in [3.63, 3.8) is 0 Å². The lowest BCUT2D eigenvalue weighted by molar-refractivity contribution is -0.116. The second-order valence-electron chi connectivity index (χ2n) is 6.02. The highest BCUT2D eigenvalue weighted by molar-refractivity contribution is 5.91. The summed E-state index contributed by atoms with van der Waals surface area (Å²) < 4.78 is 11.3. The van der Waals surface area contributed by atoms with Gasteiger partial charge >= 0.3 is 0 Å². The molecule has 3 aromatic rings. The van der Waals surface area contributed by atoms with Gasteiger partial charge in [-0.1, -0.05) is 18.2 Å². The Kier molecular flexibility index (Phi) is 4.65. The molecule has 5 nitrogen and oxygen atoms in total. The Balaban J connectivity index is 1.84. The number of methoxy groups -OCH3 is 1. The first-order chi connectivity index (χ1) is 12.0. The normalized spacial score (nSPS) is 12.0. The van der Waals surface area contributed by atoms with Gasteiger partial charge in [0.15, 0.2) is 11.3 Å². The third-order valence-electron chi connectivity index (χ3n) is 4.26. The Morgan fingerprint density at radius 1 is 1.20 bits per heavy atom. The Morgan fingerprint density at radius 3 is 2.68 bits per heavy atom. The van der Waals surface area contributed by atoms with Crippen LogP contribution in [-0.2, 0) is 4.79 Å². The van der Waals surface area contributed by atoms with Crippen LogP contribution >= 0.6 is 0 Å². The molecule has 0 saturated carbocycles. The Bertz CT molecular complexity index is 901. The van der Waals surface area contributed by atoms with Crippen molar-refractivity contribution >= 4 is 28.3 Å². The van der Waals surface area contributed by atoms with Crippen LogP contribution in [-0.4, -0.2) is 20.1 Å². The molecule has 1 heterocycles. The molecule has 0 spiro atoms. The number of benzene rings is 2. The van der Waals surface area contributed by atoms with E-state index in [1.165, 1.54) is 0 Å². The molecule has 2 aromatic carbocycles. The predicted octanol–water partition coefficient (Wildman–Crippen LogP) is 4.60. The summed E-state index contributed by atoms with van der Waals surface area (Å²) >= 11 is 0. The number of furan rings is 1. The summed E-state index contributed by atoms with van der Waals surface area (Å²) in [6, 6.07) is 15.6. The number of carbonyl (C=O) groups excluding carboxylic acids is 1. The lowest BCUT2D eigenvalue weighted by atomic mass is 10.2. The van der Waals surface area contributed by atoms with E-state index < -0.39 is 0 Å². The molecule has 0 bridgehead atoms. The number of hydrogen-bond donors (Lipinski definition) is 1. The number of amides is 1. The van der Waals surface area contributed by atoms with Crippen LogP contribution in [0.2, 0.25) is 0 Å². The van der Waals surface area contributed by atoms with Crippen LogP contribution in [0, 0.1) is 0 Å². The van der Waals surface area contributed by atoms with Crippen LogP contribution in [0.1, 0.15) is 25.6 Å². The van der Waals surface area contributed by atoms with Gasteiger partial charge in [-0.25, -0.2) is 0 Å². The summed E-state index contributed by atoms with van der Waals surface area (Å²) in [7, 11) is 3.39. The number of nitrogens with one attached hydrogen (secondary N) is 1. The molecule has 5 heteroatoms. The van der Waals surface area contributed by atoms with Crippen LogP contribution in [0.4, 0.5) is 11.4 Å². The van der Waals surface area contributed by atoms with Crippen molar-refractivity contribution in [1.29, 1.82) is 0 Å². The molecule has 0 unspecified atom stereocenters. The lowest BCUT2D eigenvalue weighted by Crippen LogP contribution is -2.22. The Labute approximate surface area is 147 Å². The smallest absolute Gasteiger partial charge is 0.223 e. The van der Waals surface area contributed by atoms with Crippen molar-refractivity contribution in [2.24, 2.45) is 0 Å². The first-order valence-corrected chi connectivity index (χ1v) is 8.17. The Morgan fingerprint density at radius 2 is 1.96 bits per heavy atom. The van der Waals surface area contributed by atoms with Gasteiger partial charge in [-0.05, 0) is 37.3 Å². The van der Waals surface area contributed by atoms with Crippen LogP contribution in [0.5, 0.6) is 5.75 Å². The van der Waals surface area contributed by atoms with Gasteiger partial charge in [0.1, 0.15) is 5.76 Å². The minimum absolute atomic E-state index is 0.00502. The highest BCUT2D eigenvalue weighted by Gasteiger charge is 2.14. The maximum absolute atomic E-state index is 11.5. The standard InChI is InChI=1S/C20H22N2O3/c1-13(19-11-15-7-5-10-18(24-4)20(15)25-19)21-16-8-6-9-17(12-16)22(3)14(2)23/h5-13,21H,1-4H3/t13-/m0/s1. The summed E-state index contributed by atoms with van der Waals surface area (Å²) in [6.45, 7) is 3.58. The van der Waals surface area contributed by atoms with Crippen LogP contribution in [0.3, 0.4) is 0 Å². The zero-order chi connectivity index (χ0) is 18.0. The highest BCUT2D eigenvalue weighted by Crippen LogP contribution is 2.32. The zero-order valence-electron chi connectivity index (χ0n) is 14.9. The van der Waals surface area contributed by atoms with E-state index >= 15 is 0 Å². The average molecular weight is 338 g/mol. The van der Waals surface area contributed by atoms with Crippen molar-refractivity contribution in [2.75, 3.05) is 24.4 Å². The van der Waals surface area contributed by atoms with Crippen molar-refractivity contribution in [1.82, 2.24) is 0 Å². The molecule has 25 heavy (non-hydrogen) atoms. The molecular weight excluding hydrogens is 316 g/mol. The van der Waals surface area contributed by atoms with E-state index in [0.717, 1.165) is 33.9 Å². The summed E-state index contributed by atoms with van der Waals surface area (Å²) in [6.07, 6.45) is 0. The topological polar surface area (TPSA) is 54.7 Å². The largest absolute Gasteiger partial charge is 0.493 e. The molecule has 130 valence electrons. The number of anilines is 2. The van der Waals surface area contributed by atoms with E-state index in [2.05, 4.69) is 5.32 Å². The molecule has 1 atom stereocenters. The first kappa shape index (κ1) is 16.9. The van der Waals surface area contributed by atoms with Crippen molar-refractivity contribution in [3.8, 4) is 5.75 Å². The van der Waals surface area contributed by atoms with E-state index in [0.29, 0.717) is 0 Å². The van der Waals surface area contributed by atoms with Gasteiger partial charge in [0.2, 0.25) is 5.91 Å². The summed E-state index contributed by atoms with van der Waals surface area (Å²) in [5.41, 5.74) is 2.51. The molecule has 0 aliphatic heterocycles. The molecule has 0 aliphatic rings. The second-order valence-corrected chi connectivity index (χ2v) is 6.02. The third kappa shape index (κ3) is 3.45. The van der Waals surface area contributed by atoms with E-state index in [1.807, 2.05) is 55.5 Å². The average Bonchev–Trinajstić information content (AvgIpc) is 3.05. The van der Waals surface area contributed by atoms with E-state index in [1.54, 1.807) is 26.0 Å².